The Morgan fingerprint density at radius 3 is 2.53 bits per heavy atom. The summed E-state index contributed by atoms with van der Waals surface area (Å²) in [5, 5.41) is 8.93. The van der Waals surface area contributed by atoms with Gasteiger partial charge in [-0.2, -0.15) is 0 Å². The van der Waals surface area contributed by atoms with E-state index in [0.717, 1.165) is 23.9 Å². The van der Waals surface area contributed by atoms with Crippen LogP contribution in [-0.2, 0) is 0 Å². The molecule has 0 spiro atoms. The van der Waals surface area contributed by atoms with Gasteiger partial charge >= 0.3 is 5.97 Å². The zero-order valence-corrected chi connectivity index (χ0v) is 10.4. The highest BCUT2D eigenvalue weighted by atomic mass is 32.2. The summed E-state index contributed by atoms with van der Waals surface area (Å²) >= 11 is 1.00. The smallest absolute Gasteiger partial charge is 0.337 e. The molecular formula is C13H9F2NO2S. The van der Waals surface area contributed by atoms with Crippen molar-refractivity contribution in [2.45, 2.75) is 9.79 Å². The number of aromatic carboxylic acids is 1. The minimum Gasteiger partial charge on any atom is -0.478 e. The molecule has 2 aromatic rings. The predicted molar refractivity (Wildman–Crippen MR) is 68.3 cm³/mol. The SMILES string of the molecule is Nc1ccc(Sc2ccc(F)cc2F)cc1C(=O)O. The van der Waals surface area contributed by atoms with Crippen LogP contribution < -0.4 is 5.73 Å². The van der Waals surface area contributed by atoms with E-state index in [9.17, 15) is 13.6 Å². The van der Waals surface area contributed by atoms with Gasteiger partial charge in [0.05, 0.1) is 5.56 Å². The predicted octanol–water partition coefficient (Wildman–Crippen LogP) is 3.40. The number of hydrogen-bond donors (Lipinski definition) is 2. The first-order chi connectivity index (χ1) is 8.97. The molecule has 2 aromatic carbocycles. The first-order valence-corrected chi connectivity index (χ1v) is 6.05. The van der Waals surface area contributed by atoms with Gasteiger partial charge in [-0.25, -0.2) is 13.6 Å². The summed E-state index contributed by atoms with van der Waals surface area (Å²) in [7, 11) is 0. The fourth-order valence-corrected chi connectivity index (χ4v) is 2.33. The number of nitrogen functional groups attached to an aromatic ring is 1. The summed E-state index contributed by atoms with van der Waals surface area (Å²) in [4.78, 5) is 11.6. The standard InChI is InChI=1S/C13H9F2NO2S/c14-7-1-4-12(10(15)5-7)19-8-2-3-11(16)9(6-8)13(17)18/h1-6H,16H2,(H,17,18). The molecule has 0 aliphatic heterocycles. The molecule has 0 radical (unpaired) electrons. The van der Waals surface area contributed by atoms with Crippen LogP contribution in [0.5, 0.6) is 0 Å². The molecule has 0 aliphatic carbocycles. The van der Waals surface area contributed by atoms with Gasteiger partial charge in [-0.3, -0.25) is 0 Å². The van der Waals surface area contributed by atoms with E-state index in [1.807, 2.05) is 0 Å². The zero-order chi connectivity index (χ0) is 14.0. The quantitative estimate of drug-likeness (QED) is 0.846. The van der Waals surface area contributed by atoms with Crippen molar-refractivity contribution in [3.63, 3.8) is 0 Å². The minimum atomic E-state index is -1.15. The summed E-state index contributed by atoms with van der Waals surface area (Å²) in [5.41, 5.74) is 5.61. The molecule has 98 valence electrons. The Kier molecular flexibility index (Phi) is 3.71. The van der Waals surface area contributed by atoms with Gasteiger partial charge in [0.2, 0.25) is 0 Å². The van der Waals surface area contributed by atoms with E-state index >= 15 is 0 Å². The molecule has 0 fully saturated rings. The van der Waals surface area contributed by atoms with E-state index in [1.54, 1.807) is 6.07 Å². The molecule has 0 heterocycles. The van der Waals surface area contributed by atoms with Gasteiger partial charge in [-0.05, 0) is 30.3 Å². The molecular weight excluding hydrogens is 272 g/mol. The van der Waals surface area contributed by atoms with E-state index in [1.165, 1.54) is 18.2 Å². The van der Waals surface area contributed by atoms with E-state index < -0.39 is 17.6 Å². The lowest BCUT2D eigenvalue weighted by Gasteiger charge is -2.06. The Labute approximate surface area is 112 Å². The number of carboxylic acid groups (broad SMARTS) is 1. The molecule has 0 atom stereocenters. The maximum atomic E-state index is 13.5. The van der Waals surface area contributed by atoms with E-state index in [2.05, 4.69) is 0 Å². The average molecular weight is 281 g/mol. The highest BCUT2D eigenvalue weighted by Crippen LogP contribution is 2.31. The second-order valence-corrected chi connectivity index (χ2v) is 4.85. The van der Waals surface area contributed by atoms with E-state index in [-0.39, 0.29) is 16.1 Å². The topological polar surface area (TPSA) is 63.3 Å². The van der Waals surface area contributed by atoms with Crippen LogP contribution in [0.25, 0.3) is 0 Å². The molecule has 3 nitrogen and oxygen atoms in total. The molecule has 0 saturated heterocycles. The Hall–Kier alpha value is -2.08. The number of carbonyl (C=O) groups is 1. The summed E-state index contributed by atoms with van der Waals surface area (Å²) < 4.78 is 26.2. The number of benzene rings is 2. The number of anilines is 1. The summed E-state index contributed by atoms with van der Waals surface area (Å²) in [6.07, 6.45) is 0. The lowest BCUT2D eigenvalue weighted by molar-refractivity contribution is 0.0698. The number of rotatable bonds is 3. The maximum absolute atomic E-state index is 13.5. The second kappa shape index (κ2) is 5.27. The highest BCUT2D eigenvalue weighted by molar-refractivity contribution is 7.99. The Balaban J connectivity index is 2.33. The third-order valence-electron chi connectivity index (χ3n) is 2.38. The van der Waals surface area contributed by atoms with E-state index in [4.69, 9.17) is 10.8 Å². The molecule has 0 bridgehead atoms. The molecule has 2 rings (SSSR count). The minimum absolute atomic E-state index is 0.0486. The van der Waals surface area contributed by atoms with Gasteiger partial charge in [0.1, 0.15) is 11.6 Å². The third kappa shape index (κ3) is 3.03. The first-order valence-electron chi connectivity index (χ1n) is 5.23. The van der Waals surface area contributed by atoms with Crippen LogP contribution in [0.4, 0.5) is 14.5 Å². The second-order valence-electron chi connectivity index (χ2n) is 3.73. The number of nitrogens with two attached hydrogens (primary N) is 1. The lowest BCUT2D eigenvalue weighted by atomic mass is 10.2. The van der Waals surface area contributed by atoms with E-state index in [0.29, 0.717) is 4.90 Å². The van der Waals surface area contributed by atoms with Crippen molar-refractivity contribution in [2.75, 3.05) is 5.73 Å². The molecule has 0 aliphatic rings. The van der Waals surface area contributed by atoms with Crippen molar-refractivity contribution < 1.29 is 18.7 Å². The molecule has 3 N–H and O–H groups in total. The third-order valence-corrected chi connectivity index (χ3v) is 3.42. The normalized spacial score (nSPS) is 10.4. The Morgan fingerprint density at radius 2 is 1.89 bits per heavy atom. The molecule has 0 saturated carbocycles. The van der Waals surface area contributed by atoms with Crippen LogP contribution in [0.1, 0.15) is 10.4 Å². The molecule has 0 aromatic heterocycles. The molecule has 0 unspecified atom stereocenters. The highest BCUT2D eigenvalue weighted by Gasteiger charge is 2.11. The van der Waals surface area contributed by atoms with Crippen LogP contribution in [0.15, 0.2) is 46.2 Å². The van der Waals surface area contributed by atoms with Crippen LogP contribution in [0.2, 0.25) is 0 Å². The summed E-state index contributed by atoms with van der Waals surface area (Å²) in [6, 6.07) is 7.58. The van der Waals surface area contributed by atoms with Gasteiger partial charge in [-0.15, -0.1) is 0 Å². The monoisotopic (exact) mass is 281 g/mol. The molecule has 0 amide bonds. The van der Waals surface area contributed by atoms with Crippen molar-refractivity contribution in [1.29, 1.82) is 0 Å². The van der Waals surface area contributed by atoms with Gasteiger partial charge in [0.25, 0.3) is 0 Å². The van der Waals surface area contributed by atoms with Gasteiger partial charge < -0.3 is 10.8 Å². The largest absolute Gasteiger partial charge is 0.478 e. The summed E-state index contributed by atoms with van der Waals surface area (Å²) in [5.74, 6) is -2.51. The van der Waals surface area contributed by atoms with Gasteiger partial charge in [-0.1, -0.05) is 11.8 Å². The molecule has 19 heavy (non-hydrogen) atoms. The lowest BCUT2D eigenvalue weighted by Crippen LogP contribution is -2.02. The van der Waals surface area contributed by atoms with Gasteiger partial charge in [0.15, 0.2) is 0 Å². The molecule has 6 heteroatoms. The fourth-order valence-electron chi connectivity index (χ4n) is 1.47. The Morgan fingerprint density at radius 1 is 1.16 bits per heavy atom. The zero-order valence-electron chi connectivity index (χ0n) is 9.56. The van der Waals surface area contributed by atoms with Crippen LogP contribution >= 0.6 is 11.8 Å². The van der Waals surface area contributed by atoms with Crippen molar-refractivity contribution in [1.82, 2.24) is 0 Å². The fraction of sp³-hybridized carbons (Fsp3) is 0. The average Bonchev–Trinajstić information content (AvgIpc) is 2.34. The number of hydrogen-bond acceptors (Lipinski definition) is 3. The van der Waals surface area contributed by atoms with Crippen molar-refractivity contribution in [3.8, 4) is 0 Å². The van der Waals surface area contributed by atoms with Gasteiger partial charge in [0, 0.05) is 21.5 Å². The van der Waals surface area contributed by atoms with Crippen LogP contribution in [0.3, 0.4) is 0 Å². The van der Waals surface area contributed by atoms with Crippen LogP contribution in [0, 0.1) is 11.6 Å². The number of halogens is 2. The van der Waals surface area contributed by atoms with Crippen LogP contribution in [-0.4, -0.2) is 11.1 Å². The van der Waals surface area contributed by atoms with Crippen molar-refractivity contribution in [2.24, 2.45) is 0 Å². The summed E-state index contributed by atoms with van der Waals surface area (Å²) in [6.45, 7) is 0. The Bertz CT molecular complexity index is 647. The maximum Gasteiger partial charge on any atom is 0.337 e. The van der Waals surface area contributed by atoms with Crippen molar-refractivity contribution in [3.05, 3.63) is 53.6 Å². The first kappa shape index (κ1) is 13.4. The number of carboxylic acids is 1. The van der Waals surface area contributed by atoms with Crippen molar-refractivity contribution >= 4 is 23.4 Å².